The van der Waals surface area contributed by atoms with Crippen LogP contribution in [0, 0.1) is 47.4 Å². The summed E-state index contributed by atoms with van der Waals surface area (Å²) >= 11 is 0. The van der Waals surface area contributed by atoms with Gasteiger partial charge in [0, 0.05) is 45.9 Å². The molecule has 390 valence electrons. The number of nitrogens with zero attached hydrogens (tertiary/aromatic N) is 6. The van der Waals surface area contributed by atoms with Crippen molar-refractivity contribution in [3.8, 4) is 35.2 Å². The molecule has 20 heteroatoms. The molecule has 0 bridgehead atoms. The molecule has 0 aliphatic rings. The standard InChI is InChI=1S/C26H39N5O5.C25H37N5O5/c1-20(2)9-7-13-28-24(32)18-34-15-16-36-26(5,30-31-27)19-35-23-12-6-11-22(17-23)25(33)29-14-8-10-21(3)4;1-19(2)8-6-12-27-23(31)17-33-14-15-34-24(29-30-26)18-35-22-11-5-10-21(16-22)25(32)28-13-7-9-20(3)4/h6,11-12,17,20-21H,8,10,13-16,18-19H2,1-5H3,(H,28,32)(H,29,33);5,10-11,16,19-20,24H,7,9,12-15,17-18H2,1-4H3,(H,27,31)(H,28,32). The molecule has 0 aromatic heterocycles. The summed E-state index contributed by atoms with van der Waals surface area (Å²) in [5.41, 5.74) is 17.4. The molecule has 2 rings (SSSR count). The highest BCUT2D eigenvalue weighted by Gasteiger charge is 2.25. The van der Waals surface area contributed by atoms with Gasteiger partial charge < -0.3 is 49.7 Å². The first-order valence-electron chi connectivity index (χ1n) is 24.0. The number of rotatable bonds is 32. The topological polar surface area (TPSA) is 269 Å². The lowest BCUT2D eigenvalue weighted by Gasteiger charge is -2.24. The fraction of sp³-hybridized carbons (Fsp3) is 0.608. The predicted molar refractivity (Wildman–Crippen MR) is 272 cm³/mol. The fourth-order valence-electron chi connectivity index (χ4n) is 5.63. The van der Waals surface area contributed by atoms with E-state index in [0.717, 1.165) is 25.7 Å². The van der Waals surface area contributed by atoms with Crippen LogP contribution in [0.3, 0.4) is 0 Å². The van der Waals surface area contributed by atoms with Crippen LogP contribution in [0.2, 0.25) is 0 Å². The minimum Gasteiger partial charge on any atom is -0.491 e. The molecule has 2 unspecified atom stereocenters. The van der Waals surface area contributed by atoms with Gasteiger partial charge in [0.25, 0.3) is 11.8 Å². The molecule has 2 aromatic carbocycles. The quantitative estimate of drug-likeness (QED) is 0.0182. The largest absolute Gasteiger partial charge is 0.491 e. The highest BCUT2D eigenvalue weighted by Crippen LogP contribution is 2.19. The summed E-state index contributed by atoms with van der Waals surface area (Å²) in [4.78, 5) is 53.7. The Bertz CT molecular complexity index is 2120. The molecule has 0 fully saturated rings. The summed E-state index contributed by atoms with van der Waals surface area (Å²) in [5, 5.41) is 18.3. The van der Waals surface area contributed by atoms with Crippen molar-refractivity contribution in [1.82, 2.24) is 21.3 Å². The van der Waals surface area contributed by atoms with Gasteiger partial charge in [-0.3, -0.25) is 19.2 Å². The Labute approximate surface area is 420 Å². The van der Waals surface area contributed by atoms with Gasteiger partial charge in [-0.25, -0.2) is 0 Å². The van der Waals surface area contributed by atoms with E-state index < -0.39 is 12.0 Å². The molecule has 71 heavy (non-hydrogen) atoms. The van der Waals surface area contributed by atoms with Crippen LogP contribution < -0.4 is 30.7 Å². The Kier molecular flexibility index (Phi) is 33.7. The normalized spacial score (nSPS) is 11.7. The summed E-state index contributed by atoms with van der Waals surface area (Å²) in [5.74, 6) is 13.3. The van der Waals surface area contributed by atoms with Gasteiger partial charge in [-0.15, -0.1) is 0 Å². The van der Waals surface area contributed by atoms with Crippen LogP contribution in [0.15, 0.2) is 58.8 Å². The average molecular weight is 989 g/mol. The van der Waals surface area contributed by atoms with E-state index in [1.54, 1.807) is 55.5 Å². The van der Waals surface area contributed by atoms with E-state index in [4.69, 9.17) is 39.5 Å². The number of carbonyl (C=O) groups is 4. The van der Waals surface area contributed by atoms with Crippen molar-refractivity contribution >= 4 is 23.6 Å². The van der Waals surface area contributed by atoms with E-state index in [0.29, 0.717) is 47.6 Å². The van der Waals surface area contributed by atoms with Gasteiger partial charge in [0.05, 0.1) is 39.5 Å². The van der Waals surface area contributed by atoms with Gasteiger partial charge in [0.1, 0.15) is 37.9 Å². The van der Waals surface area contributed by atoms with Crippen LogP contribution in [0.4, 0.5) is 0 Å². The number of hydrogen-bond acceptors (Lipinski definition) is 12. The van der Waals surface area contributed by atoms with Gasteiger partial charge >= 0.3 is 0 Å². The Morgan fingerprint density at radius 1 is 0.662 bits per heavy atom. The van der Waals surface area contributed by atoms with Crippen molar-refractivity contribution in [3.05, 3.63) is 80.5 Å². The van der Waals surface area contributed by atoms with Crippen LogP contribution in [-0.2, 0) is 28.5 Å². The van der Waals surface area contributed by atoms with Crippen LogP contribution in [0.1, 0.15) is 109 Å². The molecule has 0 saturated carbocycles. The van der Waals surface area contributed by atoms with E-state index in [-0.39, 0.29) is 101 Å². The molecule has 20 nitrogen and oxygen atoms in total. The Morgan fingerprint density at radius 2 is 1.15 bits per heavy atom. The Morgan fingerprint density at radius 3 is 1.62 bits per heavy atom. The van der Waals surface area contributed by atoms with Crippen molar-refractivity contribution in [1.29, 1.82) is 0 Å². The number of benzene rings is 2. The third-order valence-corrected chi connectivity index (χ3v) is 9.19. The molecule has 2 aromatic rings. The first-order chi connectivity index (χ1) is 34.0. The second kappa shape index (κ2) is 38.3. The summed E-state index contributed by atoms with van der Waals surface area (Å²) < 4.78 is 33.1. The van der Waals surface area contributed by atoms with Crippen molar-refractivity contribution in [2.45, 2.75) is 99.9 Å². The molecule has 0 aliphatic heterocycles. The zero-order valence-corrected chi connectivity index (χ0v) is 43.1. The zero-order valence-electron chi connectivity index (χ0n) is 43.1. The van der Waals surface area contributed by atoms with Crippen LogP contribution in [0.25, 0.3) is 20.9 Å². The van der Waals surface area contributed by atoms with E-state index in [1.165, 1.54) is 0 Å². The lowest BCUT2D eigenvalue weighted by Crippen LogP contribution is -2.35. The summed E-state index contributed by atoms with van der Waals surface area (Å²) in [6.45, 7) is 19.9. The first kappa shape index (κ1) is 62.5. The van der Waals surface area contributed by atoms with E-state index in [9.17, 15) is 19.2 Å². The Balaban J connectivity index is 0.000000710. The van der Waals surface area contributed by atoms with Crippen molar-refractivity contribution in [2.75, 3.05) is 79.0 Å². The maximum absolute atomic E-state index is 12.4. The molecule has 0 heterocycles. The molecule has 0 spiro atoms. The predicted octanol–water partition coefficient (Wildman–Crippen LogP) is 7.74. The summed E-state index contributed by atoms with van der Waals surface area (Å²) in [6.07, 6.45) is 3.05. The molecule has 0 saturated heterocycles. The number of amides is 4. The second-order valence-corrected chi connectivity index (χ2v) is 17.6. The smallest absolute Gasteiger partial charge is 0.251 e. The van der Waals surface area contributed by atoms with Gasteiger partial charge in [-0.2, -0.15) is 0 Å². The van der Waals surface area contributed by atoms with Gasteiger partial charge in [-0.1, -0.05) is 101 Å². The first-order valence-corrected chi connectivity index (χ1v) is 24.0. The highest BCUT2D eigenvalue weighted by atomic mass is 16.6. The maximum atomic E-state index is 12.4. The van der Waals surface area contributed by atoms with Gasteiger partial charge in [0.2, 0.25) is 11.8 Å². The second-order valence-electron chi connectivity index (χ2n) is 17.6. The number of ether oxygens (including phenoxy) is 6. The van der Waals surface area contributed by atoms with Crippen molar-refractivity contribution in [2.24, 2.45) is 33.9 Å². The Hall–Kier alpha value is -6.50. The minimum atomic E-state index is -1.30. The molecule has 2 atom stereocenters. The molecule has 0 aliphatic carbocycles. The van der Waals surface area contributed by atoms with Crippen LogP contribution in [-0.4, -0.2) is 115 Å². The molecule has 4 amide bonds. The monoisotopic (exact) mass is 989 g/mol. The SMILES string of the molecule is CC(C)C#CCNC(=O)COCCOC(C)(COc1cccc(C(=O)NCCCC(C)C)c1)N=[N+]=[N-].CC(C)C#CCNC(=O)COCCOC(COc1cccc(C(=O)NCCCC(C)C)c1)N=[N+]=[N-]. The van der Waals surface area contributed by atoms with Gasteiger partial charge in [0.15, 0.2) is 12.0 Å². The van der Waals surface area contributed by atoms with Crippen LogP contribution in [0.5, 0.6) is 11.5 Å². The molecule has 0 radical (unpaired) electrons. The zero-order chi connectivity index (χ0) is 52.7. The maximum Gasteiger partial charge on any atom is 0.251 e. The molecular formula is C51H76N10O10. The van der Waals surface area contributed by atoms with Crippen molar-refractivity contribution in [3.63, 3.8) is 0 Å². The number of hydrogen-bond donors (Lipinski definition) is 4. The molecular weight excluding hydrogens is 913 g/mol. The lowest BCUT2D eigenvalue weighted by atomic mass is 10.1. The van der Waals surface area contributed by atoms with Gasteiger partial charge in [-0.05, 0) is 91.9 Å². The number of carbonyl (C=O) groups excluding carboxylic acids is 4. The average Bonchev–Trinajstić information content (AvgIpc) is 3.33. The number of nitrogens with one attached hydrogen (secondary N) is 4. The van der Waals surface area contributed by atoms with E-state index in [1.807, 2.05) is 27.7 Å². The highest BCUT2D eigenvalue weighted by molar-refractivity contribution is 5.95. The fourth-order valence-corrected chi connectivity index (χ4v) is 5.63. The number of azide groups is 2. The summed E-state index contributed by atoms with van der Waals surface area (Å²) in [6, 6.07) is 13.5. The summed E-state index contributed by atoms with van der Waals surface area (Å²) in [7, 11) is 0. The third-order valence-electron chi connectivity index (χ3n) is 9.19. The van der Waals surface area contributed by atoms with E-state index in [2.05, 4.69) is 92.7 Å². The third kappa shape index (κ3) is 33.6. The van der Waals surface area contributed by atoms with Crippen LogP contribution >= 0.6 is 0 Å². The van der Waals surface area contributed by atoms with E-state index >= 15 is 0 Å². The van der Waals surface area contributed by atoms with Crippen molar-refractivity contribution < 1.29 is 47.6 Å². The lowest BCUT2D eigenvalue weighted by molar-refractivity contribution is -0.127. The molecule has 4 N–H and O–H groups in total. The minimum absolute atomic E-state index is 0.0431.